The lowest BCUT2D eigenvalue weighted by Gasteiger charge is -2.35. The lowest BCUT2D eigenvalue weighted by atomic mass is 9.96. The molecule has 190 valence electrons. The van der Waals surface area contributed by atoms with Gasteiger partial charge in [0.25, 0.3) is 5.91 Å². The molecule has 0 spiro atoms. The summed E-state index contributed by atoms with van der Waals surface area (Å²) in [7, 11) is -2.90. The third kappa shape index (κ3) is 4.39. The maximum atomic E-state index is 14.1. The summed E-state index contributed by atoms with van der Waals surface area (Å²) in [6.07, 6.45) is 6.52. The number of hydrogen-bond donors (Lipinski definition) is 0. The number of anilines is 1. The van der Waals surface area contributed by atoms with Crippen LogP contribution < -0.4 is 4.90 Å². The van der Waals surface area contributed by atoms with Crippen LogP contribution in [0.15, 0.2) is 47.1 Å². The number of pyridine rings is 1. The Labute approximate surface area is 212 Å². The van der Waals surface area contributed by atoms with E-state index in [0.29, 0.717) is 44.1 Å². The summed E-state index contributed by atoms with van der Waals surface area (Å²) in [6.45, 7) is 9.43. The highest BCUT2D eigenvalue weighted by molar-refractivity contribution is 7.94. The highest BCUT2D eigenvalue weighted by atomic mass is 32.2. The molecule has 0 radical (unpaired) electrons. The van der Waals surface area contributed by atoms with Crippen molar-refractivity contribution in [1.29, 1.82) is 0 Å². The first-order chi connectivity index (χ1) is 17.0. The fourth-order valence-electron chi connectivity index (χ4n) is 4.65. The van der Waals surface area contributed by atoms with Gasteiger partial charge in [-0.1, -0.05) is 39.0 Å². The van der Waals surface area contributed by atoms with E-state index in [1.165, 1.54) is 0 Å². The summed E-state index contributed by atoms with van der Waals surface area (Å²) < 4.78 is 23.2. The van der Waals surface area contributed by atoms with E-state index in [9.17, 15) is 9.00 Å². The molecule has 3 heterocycles. The molecular weight excluding hydrogens is 474 g/mol. The minimum atomic E-state index is -2.90. The van der Waals surface area contributed by atoms with Crippen LogP contribution in [0.4, 0.5) is 5.82 Å². The SMILES string of the molecule is C[C@@H]1COCCN1c1cc(C2(S(C)(=O)=NC(=O)C(C)(C)C)CC2)nc(-c2cccc3cnccc23)n1. The molecule has 1 amide bonds. The second-order valence-electron chi connectivity index (χ2n) is 10.9. The number of ether oxygens (including phenoxy) is 1. The van der Waals surface area contributed by atoms with Crippen molar-refractivity contribution in [2.45, 2.75) is 51.3 Å². The Balaban J connectivity index is 1.70. The number of carbonyl (C=O) groups is 1. The van der Waals surface area contributed by atoms with E-state index in [4.69, 9.17) is 14.7 Å². The van der Waals surface area contributed by atoms with Crippen LogP contribution in [-0.2, 0) is 24.0 Å². The summed E-state index contributed by atoms with van der Waals surface area (Å²) in [5.74, 6) is 1.00. The van der Waals surface area contributed by atoms with Crippen molar-refractivity contribution in [2.75, 3.05) is 30.9 Å². The smallest absolute Gasteiger partial charge is 0.259 e. The topological polar surface area (TPSA) is 97.6 Å². The molecule has 36 heavy (non-hydrogen) atoms. The molecule has 2 aromatic heterocycles. The van der Waals surface area contributed by atoms with Gasteiger partial charge in [0.15, 0.2) is 5.82 Å². The van der Waals surface area contributed by atoms with Crippen LogP contribution in [0.25, 0.3) is 22.2 Å². The van der Waals surface area contributed by atoms with E-state index < -0.39 is 19.9 Å². The maximum Gasteiger partial charge on any atom is 0.259 e. The molecule has 0 N–H and O–H groups in total. The standard InChI is InChI=1S/C27H33N5O3S/c1-18-17-35-14-13-32(18)23-15-22(27(10-11-27)36(5,34)31-25(33)26(2,3)4)29-24(30-23)21-8-6-7-19-16-28-12-9-20(19)21/h6-9,12,15-16,18H,10-11,13-14,17H2,1-5H3/t18-,36?/m1/s1. The molecule has 1 aliphatic carbocycles. The first kappa shape index (κ1) is 24.8. The quantitative estimate of drug-likeness (QED) is 0.510. The Morgan fingerprint density at radius 3 is 2.69 bits per heavy atom. The largest absolute Gasteiger partial charge is 0.377 e. The monoisotopic (exact) mass is 507 g/mol. The van der Waals surface area contributed by atoms with E-state index >= 15 is 0 Å². The summed E-state index contributed by atoms with van der Waals surface area (Å²) in [4.78, 5) is 29.2. The molecule has 2 atom stereocenters. The zero-order valence-corrected chi connectivity index (χ0v) is 22.3. The van der Waals surface area contributed by atoms with Crippen LogP contribution in [0.5, 0.6) is 0 Å². The van der Waals surface area contributed by atoms with Gasteiger partial charge in [0.1, 0.15) is 5.82 Å². The number of carbonyl (C=O) groups excluding carboxylic acids is 1. The van der Waals surface area contributed by atoms with Crippen LogP contribution in [-0.4, -0.2) is 57.1 Å². The predicted octanol–water partition coefficient (Wildman–Crippen LogP) is 4.58. The van der Waals surface area contributed by atoms with Crippen molar-refractivity contribution >= 4 is 32.2 Å². The molecule has 9 heteroatoms. The normalized spacial score (nSPS) is 21.1. The van der Waals surface area contributed by atoms with Crippen molar-refractivity contribution in [3.8, 4) is 11.4 Å². The van der Waals surface area contributed by atoms with Gasteiger partial charge in [0, 0.05) is 47.6 Å². The number of nitrogens with zero attached hydrogens (tertiary/aromatic N) is 5. The van der Waals surface area contributed by atoms with Gasteiger partial charge >= 0.3 is 0 Å². The van der Waals surface area contributed by atoms with Crippen LogP contribution in [0, 0.1) is 5.41 Å². The number of benzene rings is 1. The molecule has 1 aliphatic heterocycles. The number of amides is 1. The van der Waals surface area contributed by atoms with E-state index in [-0.39, 0.29) is 11.9 Å². The maximum absolute atomic E-state index is 14.1. The minimum Gasteiger partial charge on any atom is -0.377 e. The highest BCUT2D eigenvalue weighted by Gasteiger charge is 2.54. The third-order valence-corrected chi connectivity index (χ3v) is 9.67. The Morgan fingerprint density at radius 1 is 1.22 bits per heavy atom. The second kappa shape index (κ2) is 8.88. The van der Waals surface area contributed by atoms with Crippen LogP contribution >= 0.6 is 0 Å². The van der Waals surface area contributed by atoms with Gasteiger partial charge < -0.3 is 9.64 Å². The van der Waals surface area contributed by atoms with Crippen molar-refractivity contribution in [1.82, 2.24) is 15.0 Å². The van der Waals surface area contributed by atoms with Crippen molar-refractivity contribution in [3.05, 3.63) is 48.4 Å². The first-order valence-electron chi connectivity index (χ1n) is 12.4. The number of rotatable bonds is 4. The average Bonchev–Trinajstić information content (AvgIpc) is 3.66. The molecule has 1 aromatic carbocycles. The van der Waals surface area contributed by atoms with Gasteiger partial charge in [0.05, 0.1) is 39.4 Å². The molecule has 2 fully saturated rings. The zero-order valence-electron chi connectivity index (χ0n) is 21.5. The Morgan fingerprint density at radius 2 is 2.00 bits per heavy atom. The van der Waals surface area contributed by atoms with E-state index in [2.05, 4.69) is 21.2 Å². The fourth-order valence-corrected chi connectivity index (χ4v) is 6.76. The van der Waals surface area contributed by atoms with Crippen LogP contribution in [0.3, 0.4) is 0 Å². The highest BCUT2D eigenvalue weighted by Crippen LogP contribution is 2.53. The Bertz CT molecular complexity index is 1450. The summed E-state index contributed by atoms with van der Waals surface area (Å²) in [6, 6.07) is 10.0. The number of fused-ring (bicyclic) bond motifs is 1. The number of morpholine rings is 1. The first-order valence-corrected chi connectivity index (χ1v) is 14.3. The molecule has 3 aromatic rings. The van der Waals surface area contributed by atoms with Crippen LogP contribution in [0.2, 0.25) is 0 Å². The lowest BCUT2D eigenvalue weighted by Crippen LogP contribution is -2.44. The van der Waals surface area contributed by atoms with Gasteiger partial charge in [-0.3, -0.25) is 9.78 Å². The molecule has 1 saturated carbocycles. The summed E-state index contributed by atoms with van der Waals surface area (Å²) >= 11 is 0. The summed E-state index contributed by atoms with van der Waals surface area (Å²) in [5, 5.41) is 2.00. The second-order valence-corrected chi connectivity index (χ2v) is 13.5. The van der Waals surface area contributed by atoms with E-state index in [1.54, 1.807) is 33.2 Å². The van der Waals surface area contributed by atoms with E-state index in [0.717, 1.165) is 22.2 Å². The van der Waals surface area contributed by atoms with E-state index in [1.807, 2.05) is 36.5 Å². The summed E-state index contributed by atoms with van der Waals surface area (Å²) in [5.41, 5.74) is 0.877. The minimum absolute atomic E-state index is 0.138. The van der Waals surface area contributed by atoms with Crippen LogP contribution in [0.1, 0.15) is 46.2 Å². The van der Waals surface area contributed by atoms with Crippen molar-refractivity contribution in [3.63, 3.8) is 0 Å². The average molecular weight is 508 g/mol. The molecule has 0 bridgehead atoms. The predicted molar refractivity (Wildman–Crippen MR) is 142 cm³/mol. The van der Waals surface area contributed by atoms with Gasteiger partial charge in [-0.2, -0.15) is 4.36 Å². The van der Waals surface area contributed by atoms with Gasteiger partial charge in [0.2, 0.25) is 0 Å². The molecule has 1 saturated heterocycles. The zero-order chi connectivity index (χ0) is 25.7. The van der Waals surface area contributed by atoms with Gasteiger partial charge in [-0.25, -0.2) is 14.2 Å². The number of aromatic nitrogens is 3. The molecule has 1 unspecified atom stereocenters. The Hall–Kier alpha value is -2.91. The lowest BCUT2D eigenvalue weighted by molar-refractivity contribution is -0.124. The third-order valence-electron chi connectivity index (χ3n) is 7.09. The van der Waals surface area contributed by atoms with Gasteiger partial charge in [-0.05, 0) is 31.2 Å². The van der Waals surface area contributed by atoms with Gasteiger partial charge in [-0.15, -0.1) is 0 Å². The fraction of sp³-hybridized carbons (Fsp3) is 0.481. The Kier molecular flexibility index (Phi) is 6.11. The van der Waals surface area contributed by atoms with Crippen molar-refractivity contribution < 1.29 is 13.7 Å². The number of hydrogen-bond acceptors (Lipinski definition) is 7. The van der Waals surface area contributed by atoms with Crippen molar-refractivity contribution in [2.24, 2.45) is 9.78 Å². The molecule has 8 nitrogen and oxygen atoms in total. The molecule has 2 aliphatic rings. The molecular formula is C27H33N5O3S. The molecule has 5 rings (SSSR count).